The minimum absolute atomic E-state index is 0.0326. The highest BCUT2D eigenvalue weighted by molar-refractivity contribution is 5.82. The summed E-state index contributed by atoms with van der Waals surface area (Å²) in [6, 6.07) is 0. The van der Waals surface area contributed by atoms with E-state index in [1.165, 1.54) is 7.11 Å². The van der Waals surface area contributed by atoms with Crippen LogP contribution in [0.5, 0.6) is 0 Å². The molecule has 1 amide bonds. The van der Waals surface area contributed by atoms with Crippen LogP contribution in [0.4, 0.5) is 0 Å². The van der Waals surface area contributed by atoms with Crippen molar-refractivity contribution in [2.45, 2.75) is 12.5 Å². The van der Waals surface area contributed by atoms with Crippen LogP contribution >= 0.6 is 0 Å². The van der Waals surface area contributed by atoms with Crippen molar-refractivity contribution in [3.05, 3.63) is 0 Å². The van der Waals surface area contributed by atoms with Crippen LogP contribution in [0, 0.1) is 0 Å². The Balaban J connectivity index is 2.10. The van der Waals surface area contributed by atoms with Gasteiger partial charge in [0.2, 0.25) is 5.91 Å². The third kappa shape index (κ3) is 3.85. The summed E-state index contributed by atoms with van der Waals surface area (Å²) in [6.07, 6.45) is 0. The van der Waals surface area contributed by atoms with Gasteiger partial charge in [-0.3, -0.25) is 9.59 Å². The van der Waals surface area contributed by atoms with E-state index < -0.39 is 5.97 Å². The lowest BCUT2D eigenvalue weighted by atomic mass is 10.0. The zero-order chi connectivity index (χ0) is 11.3. The van der Waals surface area contributed by atoms with E-state index in [-0.39, 0.29) is 24.7 Å². The highest BCUT2D eigenvalue weighted by Crippen LogP contribution is 2.14. The van der Waals surface area contributed by atoms with Gasteiger partial charge in [0.1, 0.15) is 13.2 Å². The van der Waals surface area contributed by atoms with Gasteiger partial charge in [0.05, 0.1) is 12.7 Å². The number of amides is 1. The van der Waals surface area contributed by atoms with Gasteiger partial charge in [-0.15, -0.1) is 0 Å². The first-order valence-electron chi connectivity index (χ1n) is 4.74. The predicted molar refractivity (Wildman–Crippen MR) is 52.3 cm³/mol. The number of carbonyl (C=O) groups excluding carboxylic acids is 2. The maximum absolute atomic E-state index is 11.2. The molecule has 0 spiro atoms. The summed E-state index contributed by atoms with van der Waals surface area (Å²) in [5, 5.41) is 5.45. The summed E-state index contributed by atoms with van der Waals surface area (Å²) in [6.45, 7) is 3.27. The van der Waals surface area contributed by atoms with E-state index in [0.717, 1.165) is 13.1 Å². The topological polar surface area (TPSA) is 76.7 Å². The maximum atomic E-state index is 11.2. The van der Waals surface area contributed by atoms with Crippen LogP contribution in [0.2, 0.25) is 0 Å². The van der Waals surface area contributed by atoms with E-state index >= 15 is 0 Å². The van der Waals surface area contributed by atoms with Crippen molar-refractivity contribution >= 4 is 11.9 Å². The summed E-state index contributed by atoms with van der Waals surface area (Å²) < 4.78 is 9.74. The van der Waals surface area contributed by atoms with Crippen LogP contribution in [0.3, 0.4) is 0 Å². The molecule has 1 aliphatic rings. The summed E-state index contributed by atoms with van der Waals surface area (Å²) in [7, 11) is 1.27. The number of hydrogen-bond donors (Lipinski definition) is 2. The molecule has 1 fully saturated rings. The second-order valence-corrected chi connectivity index (χ2v) is 3.69. The number of hydrogen-bond acceptors (Lipinski definition) is 5. The average Bonchev–Trinajstić information content (AvgIpc) is 2.20. The van der Waals surface area contributed by atoms with Gasteiger partial charge in [0, 0.05) is 13.1 Å². The van der Waals surface area contributed by atoms with E-state index in [1.807, 2.05) is 6.92 Å². The largest absolute Gasteiger partial charge is 0.468 e. The number of rotatable bonds is 5. The van der Waals surface area contributed by atoms with E-state index in [1.54, 1.807) is 0 Å². The molecule has 1 heterocycles. The molecular weight excluding hydrogens is 200 g/mol. The van der Waals surface area contributed by atoms with E-state index in [2.05, 4.69) is 15.4 Å². The Hall–Kier alpha value is -1.14. The Morgan fingerprint density at radius 2 is 2.13 bits per heavy atom. The Bertz CT molecular complexity index is 250. The van der Waals surface area contributed by atoms with Gasteiger partial charge in [0.25, 0.3) is 0 Å². The molecule has 0 aromatic rings. The zero-order valence-corrected chi connectivity index (χ0v) is 8.96. The first kappa shape index (κ1) is 11.9. The van der Waals surface area contributed by atoms with Gasteiger partial charge in [-0.25, -0.2) is 0 Å². The van der Waals surface area contributed by atoms with Crippen LogP contribution in [-0.4, -0.2) is 50.8 Å². The Kier molecular flexibility index (Phi) is 4.05. The molecule has 0 aliphatic carbocycles. The van der Waals surface area contributed by atoms with Gasteiger partial charge < -0.3 is 20.1 Å². The summed E-state index contributed by atoms with van der Waals surface area (Å²) in [4.78, 5) is 21.9. The molecule has 1 rings (SSSR count). The van der Waals surface area contributed by atoms with Crippen LogP contribution < -0.4 is 10.6 Å². The zero-order valence-electron chi connectivity index (χ0n) is 8.96. The fraction of sp³-hybridized carbons (Fsp3) is 0.778. The van der Waals surface area contributed by atoms with Gasteiger partial charge in [0.15, 0.2) is 0 Å². The predicted octanol–water partition coefficient (Wildman–Crippen LogP) is -1.35. The Morgan fingerprint density at radius 3 is 2.60 bits per heavy atom. The Labute approximate surface area is 88.3 Å². The Morgan fingerprint density at radius 1 is 1.47 bits per heavy atom. The number of methoxy groups -OCH3 is 1. The lowest BCUT2D eigenvalue weighted by Crippen LogP contribution is -2.59. The molecule has 86 valence electrons. The molecule has 15 heavy (non-hydrogen) atoms. The molecule has 1 aliphatic heterocycles. The molecular formula is C9H16N2O4. The molecule has 0 radical (unpaired) electrons. The second-order valence-electron chi connectivity index (χ2n) is 3.69. The van der Waals surface area contributed by atoms with Crippen molar-refractivity contribution in [1.29, 1.82) is 0 Å². The van der Waals surface area contributed by atoms with Crippen LogP contribution in [-0.2, 0) is 19.1 Å². The minimum atomic E-state index is -0.472. The maximum Gasteiger partial charge on any atom is 0.325 e. The highest BCUT2D eigenvalue weighted by atomic mass is 16.5. The lowest BCUT2D eigenvalue weighted by Gasteiger charge is -2.38. The first-order chi connectivity index (χ1) is 7.06. The number of ether oxygens (including phenoxy) is 2. The SMILES string of the molecule is COC(=O)CNC(=O)COC1(C)CNC1. The van der Waals surface area contributed by atoms with Crippen molar-refractivity contribution in [3.8, 4) is 0 Å². The molecule has 2 N–H and O–H groups in total. The third-order valence-corrected chi connectivity index (χ3v) is 2.21. The summed E-state index contributed by atoms with van der Waals surface area (Å²) >= 11 is 0. The van der Waals surface area contributed by atoms with Crippen molar-refractivity contribution < 1.29 is 19.1 Å². The fourth-order valence-electron chi connectivity index (χ4n) is 1.11. The van der Waals surface area contributed by atoms with Crippen molar-refractivity contribution in [2.24, 2.45) is 0 Å². The van der Waals surface area contributed by atoms with Crippen LogP contribution in [0.25, 0.3) is 0 Å². The van der Waals surface area contributed by atoms with Crippen molar-refractivity contribution in [3.63, 3.8) is 0 Å². The van der Waals surface area contributed by atoms with Gasteiger partial charge in [-0.2, -0.15) is 0 Å². The third-order valence-electron chi connectivity index (χ3n) is 2.21. The monoisotopic (exact) mass is 216 g/mol. The molecule has 6 nitrogen and oxygen atoms in total. The summed E-state index contributed by atoms with van der Waals surface area (Å²) in [5.41, 5.74) is -0.247. The lowest BCUT2D eigenvalue weighted by molar-refractivity contribution is -0.143. The average molecular weight is 216 g/mol. The van der Waals surface area contributed by atoms with E-state index in [9.17, 15) is 9.59 Å². The standard InChI is InChI=1S/C9H16N2O4/c1-9(5-10-6-9)15-4-7(12)11-3-8(13)14-2/h10H,3-6H2,1-2H3,(H,11,12). The van der Waals surface area contributed by atoms with E-state index in [4.69, 9.17) is 4.74 Å². The van der Waals surface area contributed by atoms with Gasteiger partial charge >= 0.3 is 5.97 Å². The van der Waals surface area contributed by atoms with E-state index in [0.29, 0.717) is 0 Å². The molecule has 0 unspecified atom stereocenters. The quantitative estimate of drug-likeness (QED) is 0.556. The molecule has 0 bridgehead atoms. The number of esters is 1. The van der Waals surface area contributed by atoms with Crippen molar-refractivity contribution in [2.75, 3.05) is 33.4 Å². The van der Waals surface area contributed by atoms with Crippen molar-refractivity contribution in [1.82, 2.24) is 10.6 Å². The molecule has 0 aromatic heterocycles. The molecule has 0 saturated carbocycles. The highest BCUT2D eigenvalue weighted by Gasteiger charge is 2.32. The normalized spacial score (nSPS) is 17.7. The molecule has 6 heteroatoms. The fourth-order valence-corrected chi connectivity index (χ4v) is 1.11. The smallest absolute Gasteiger partial charge is 0.325 e. The van der Waals surface area contributed by atoms with Gasteiger partial charge in [-0.1, -0.05) is 0 Å². The number of nitrogens with one attached hydrogen (secondary N) is 2. The van der Waals surface area contributed by atoms with Crippen LogP contribution in [0.15, 0.2) is 0 Å². The minimum Gasteiger partial charge on any atom is -0.468 e. The molecule has 1 saturated heterocycles. The van der Waals surface area contributed by atoms with Crippen LogP contribution in [0.1, 0.15) is 6.92 Å². The first-order valence-corrected chi connectivity index (χ1v) is 4.74. The molecule has 0 aromatic carbocycles. The van der Waals surface area contributed by atoms with Gasteiger partial charge in [-0.05, 0) is 6.92 Å². The number of carbonyl (C=O) groups is 2. The summed E-state index contributed by atoms with van der Waals surface area (Å²) in [5.74, 6) is -0.784. The molecule has 0 atom stereocenters. The second kappa shape index (κ2) is 5.09.